The van der Waals surface area contributed by atoms with Crippen LogP contribution in [0.2, 0.25) is 0 Å². The standard InChI is InChI=1S/C18H19F3O/c1-13(2)11-14-3-7-16(8-4-14)17-9-5-15(6-10-17)12-22-18(19,20)21/h3-10,13H,11-12H2,1-2H3. The zero-order valence-corrected chi connectivity index (χ0v) is 12.7. The first kappa shape index (κ1) is 16.6. The van der Waals surface area contributed by atoms with Crippen molar-refractivity contribution < 1.29 is 17.9 Å². The van der Waals surface area contributed by atoms with Gasteiger partial charge in [0.15, 0.2) is 0 Å². The summed E-state index contributed by atoms with van der Waals surface area (Å²) in [5, 5.41) is 0. The Hall–Kier alpha value is -1.81. The maximum atomic E-state index is 12.0. The molecule has 0 unspecified atom stereocenters. The van der Waals surface area contributed by atoms with Crippen molar-refractivity contribution in [3.63, 3.8) is 0 Å². The van der Waals surface area contributed by atoms with Crippen LogP contribution in [0.15, 0.2) is 48.5 Å². The van der Waals surface area contributed by atoms with E-state index in [1.807, 2.05) is 24.3 Å². The summed E-state index contributed by atoms with van der Waals surface area (Å²) in [5.74, 6) is 0.610. The largest absolute Gasteiger partial charge is 0.522 e. The Balaban J connectivity index is 2.03. The maximum absolute atomic E-state index is 12.0. The van der Waals surface area contributed by atoms with Gasteiger partial charge >= 0.3 is 6.36 Å². The first-order valence-electron chi connectivity index (χ1n) is 7.22. The minimum atomic E-state index is -4.59. The van der Waals surface area contributed by atoms with E-state index >= 15 is 0 Å². The number of ether oxygens (including phenoxy) is 1. The molecule has 118 valence electrons. The predicted molar refractivity (Wildman–Crippen MR) is 81.3 cm³/mol. The van der Waals surface area contributed by atoms with Crippen LogP contribution in [0.25, 0.3) is 11.1 Å². The fourth-order valence-corrected chi connectivity index (χ4v) is 2.26. The molecular formula is C18H19F3O. The molecule has 1 nitrogen and oxygen atoms in total. The summed E-state index contributed by atoms with van der Waals surface area (Å²) < 4.78 is 39.8. The molecule has 22 heavy (non-hydrogen) atoms. The van der Waals surface area contributed by atoms with E-state index in [1.54, 1.807) is 12.1 Å². The van der Waals surface area contributed by atoms with E-state index in [1.165, 1.54) is 5.56 Å². The molecule has 0 amide bonds. The van der Waals surface area contributed by atoms with Crippen LogP contribution in [0.1, 0.15) is 25.0 Å². The highest BCUT2D eigenvalue weighted by Gasteiger charge is 2.28. The van der Waals surface area contributed by atoms with Crippen molar-refractivity contribution in [1.29, 1.82) is 0 Å². The third-order valence-electron chi connectivity index (χ3n) is 3.29. The zero-order chi connectivity index (χ0) is 16.2. The van der Waals surface area contributed by atoms with Gasteiger partial charge in [0.2, 0.25) is 0 Å². The summed E-state index contributed by atoms with van der Waals surface area (Å²) in [6, 6.07) is 15.2. The molecule has 0 aliphatic carbocycles. The minimum absolute atomic E-state index is 0.461. The Bertz CT molecular complexity index is 583. The number of halogens is 3. The lowest BCUT2D eigenvalue weighted by atomic mass is 9.99. The van der Waals surface area contributed by atoms with Gasteiger partial charge in [0.1, 0.15) is 0 Å². The van der Waals surface area contributed by atoms with Gasteiger partial charge in [-0.2, -0.15) is 0 Å². The summed E-state index contributed by atoms with van der Waals surface area (Å²) in [7, 11) is 0. The summed E-state index contributed by atoms with van der Waals surface area (Å²) >= 11 is 0. The molecule has 0 bridgehead atoms. The SMILES string of the molecule is CC(C)Cc1ccc(-c2ccc(COC(F)(F)F)cc2)cc1. The average Bonchev–Trinajstić information content (AvgIpc) is 2.45. The molecule has 2 aromatic rings. The Morgan fingerprint density at radius 1 is 0.818 bits per heavy atom. The fraction of sp³-hybridized carbons (Fsp3) is 0.333. The molecule has 0 saturated heterocycles. The third-order valence-corrected chi connectivity index (χ3v) is 3.29. The smallest absolute Gasteiger partial charge is 0.287 e. The quantitative estimate of drug-likeness (QED) is 0.699. The monoisotopic (exact) mass is 308 g/mol. The van der Waals surface area contributed by atoms with Crippen LogP contribution in [-0.2, 0) is 17.8 Å². The Morgan fingerprint density at radius 3 is 1.68 bits per heavy atom. The second kappa shape index (κ2) is 6.97. The van der Waals surface area contributed by atoms with Crippen LogP contribution in [-0.4, -0.2) is 6.36 Å². The summed E-state index contributed by atoms with van der Waals surface area (Å²) in [6.45, 7) is 3.89. The average molecular weight is 308 g/mol. The van der Waals surface area contributed by atoms with Gasteiger partial charge in [0.25, 0.3) is 0 Å². The molecule has 0 radical (unpaired) electrons. The van der Waals surface area contributed by atoms with Crippen LogP contribution in [0.3, 0.4) is 0 Å². The summed E-state index contributed by atoms with van der Waals surface area (Å²) in [4.78, 5) is 0. The normalized spacial score (nSPS) is 11.9. The molecule has 0 aliphatic heterocycles. The van der Waals surface area contributed by atoms with Gasteiger partial charge in [-0.3, -0.25) is 4.74 Å². The first-order chi connectivity index (χ1) is 10.3. The number of hydrogen-bond donors (Lipinski definition) is 0. The van der Waals surface area contributed by atoms with Gasteiger partial charge in [-0.1, -0.05) is 62.4 Å². The van der Waals surface area contributed by atoms with Gasteiger partial charge < -0.3 is 0 Å². The van der Waals surface area contributed by atoms with Gasteiger partial charge in [0.05, 0.1) is 6.61 Å². The van der Waals surface area contributed by atoms with Gasteiger partial charge in [0, 0.05) is 0 Å². The number of hydrogen-bond acceptors (Lipinski definition) is 1. The molecule has 0 aromatic heterocycles. The summed E-state index contributed by atoms with van der Waals surface area (Å²) in [5.41, 5.74) is 3.81. The van der Waals surface area contributed by atoms with Crippen molar-refractivity contribution >= 4 is 0 Å². The third kappa shape index (κ3) is 5.19. The highest BCUT2D eigenvalue weighted by atomic mass is 19.4. The van der Waals surface area contributed by atoms with E-state index in [2.05, 4.69) is 30.7 Å². The van der Waals surface area contributed by atoms with Crippen molar-refractivity contribution in [2.45, 2.75) is 33.2 Å². The van der Waals surface area contributed by atoms with E-state index in [9.17, 15) is 13.2 Å². The van der Waals surface area contributed by atoms with Crippen molar-refractivity contribution in [3.05, 3.63) is 59.7 Å². The number of rotatable bonds is 5. The van der Waals surface area contributed by atoms with Crippen LogP contribution in [0, 0.1) is 5.92 Å². The van der Waals surface area contributed by atoms with Crippen molar-refractivity contribution in [2.75, 3.05) is 0 Å². The topological polar surface area (TPSA) is 9.23 Å². The molecular weight excluding hydrogens is 289 g/mol. The second-order valence-electron chi connectivity index (χ2n) is 5.73. The van der Waals surface area contributed by atoms with Gasteiger partial charge in [-0.15, -0.1) is 13.2 Å². The highest BCUT2D eigenvalue weighted by molar-refractivity contribution is 5.63. The molecule has 0 heterocycles. The fourth-order valence-electron chi connectivity index (χ4n) is 2.26. The summed E-state index contributed by atoms with van der Waals surface area (Å²) in [6.07, 6.45) is -3.56. The van der Waals surface area contributed by atoms with Crippen molar-refractivity contribution in [2.24, 2.45) is 5.92 Å². The van der Waals surface area contributed by atoms with E-state index in [-0.39, 0.29) is 0 Å². The highest BCUT2D eigenvalue weighted by Crippen LogP contribution is 2.23. The van der Waals surface area contributed by atoms with E-state index < -0.39 is 13.0 Å². The molecule has 0 atom stereocenters. The molecule has 4 heteroatoms. The minimum Gasteiger partial charge on any atom is -0.287 e. The van der Waals surface area contributed by atoms with Crippen LogP contribution in [0.4, 0.5) is 13.2 Å². The maximum Gasteiger partial charge on any atom is 0.522 e. The van der Waals surface area contributed by atoms with E-state index in [0.717, 1.165) is 17.5 Å². The molecule has 2 aromatic carbocycles. The van der Waals surface area contributed by atoms with Crippen LogP contribution in [0.5, 0.6) is 0 Å². The Kier molecular flexibility index (Phi) is 5.24. The lowest BCUT2D eigenvalue weighted by molar-refractivity contribution is -0.330. The van der Waals surface area contributed by atoms with Crippen molar-refractivity contribution in [1.82, 2.24) is 0 Å². The lowest BCUT2D eigenvalue weighted by Gasteiger charge is -2.09. The Labute approximate surface area is 128 Å². The lowest BCUT2D eigenvalue weighted by Crippen LogP contribution is -2.12. The van der Waals surface area contributed by atoms with Gasteiger partial charge in [-0.05, 0) is 34.6 Å². The zero-order valence-electron chi connectivity index (χ0n) is 12.7. The second-order valence-corrected chi connectivity index (χ2v) is 5.73. The number of benzene rings is 2. The number of alkyl halides is 3. The molecule has 0 N–H and O–H groups in total. The van der Waals surface area contributed by atoms with Crippen LogP contribution < -0.4 is 0 Å². The molecule has 2 rings (SSSR count). The van der Waals surface area contributed by atoms with E-state index in [0.29, 0.717) is 11.5 Å². The van der Waals surface area contributed by atoms with Gasteiger partial charge in [-0.25, -0.2) is 0 Å². The molecule has 0 saturated carbocycles. The van der Waals surface area contributed by atoms with E-state index in [4.69, 9.17) is 0 Å². The van der Waals surface area contributed by atoms with Crippen molar-refractivity contribution in [3.8, 4) is 11.1 Å². The Morgan fingerprint density at radius 2 is 1.27 bits per heavy atom. The molecule has 0 spiro atoms. The first-order valence-corrected chi connectivity index (χ1v) is 7.22. The molecule has 0 fully saturated rings. The molecule has 0 aliphatic rings. The predicted octanol–water partition coefficient (Wildman–Crippen LogP) is 5.59. The van der Waals surface area contributed by atoms with Crippen LogP contribution >= 0.6 is 0 Å².